The predicted molar refractivity (Wildman–Crippen MR) is 96.1 cm³/mol. The monoisotopic (exact) mass is 329 g/mol. The Balaban J connectivity index is 1.72. The molecule has 1 aromatic carbocycles. The lowest BCUT2D eigenvalue weighted by Crippen LogP contribution is -2.50. The lowest BCUT2D eigenvalue weighted by Gasteiger charge is -2.37. The van der Waals surface area contributed by atoms with E-state index in [1.807, 2.05) is 18.2 Å². The van der Waals surface area contributed by atoms with Crippen molar-refractivity contribution in [1.82, 2.24) is 4.90 Å². The first-order valence-electron chi connectivity index (χ1n) is 9.04. The van der Waals surface area contributed by atoms with Crippen LogP contribution in [0.15, 0.2) is 18.2 Å². The fourth-order valence-electron chi connectivity index (χ4n) is 3.73. The van der Waals surface area contributed by atoms with Crippen LogP contribution in [0.3, 0.4) is 0 Å². The second-order valence-electron chi connectivity index (χ2n) is 7.11. The molecular weight excluding hydrogens is 302 g/mol. The van der Waals surface area contributed by atoms with Crippen LogP contribution < -0.4 is 10.6 Å². The number of likely N-dealkylation sites (tertiary alicyclic amines) is 1. The van der Waals surface area contributed by atoms with Gasteiger partial charge in [-0.15, -0.1) is 0 Å². The number of hydrogen-bond acceptors (Lipinski definition) is 3. The Morgan fingerprint density at radius 1 is 1.25 bits per heavy atom. The first kappa shape index (κ1) is 17.0. The molecule has 0 aromatic heterocycles. The summed E-state index contributed by atoms with van der Waals surface area (Å²) < 4.78 is 0. The summed E-state index contributed by atoms with van der Waals surface area (Å²) in [6, 6.07) is 6.11. The average molecular weight is 329 g/mol. The van der Waals surface area contributed by atoms with Gasteiger partial charge in [-0.25, -0.2) is 0 Å². The van der Waals surface area contributed by atoms with E-state index in [2.05, 4.69) is 29.4 Å². The van der Waals surface area contributed by atoms with Gasteiger partial charge in [-0.05, 0) is 69.8 Å². The minimum atomic E-state index is -0.0442. The van der Waals surface area contributed by atoms with Gasteiger partial charge in [0.05, 0.1) is 6.04 Å². The van der Waals surface area contributed by atoms with Crippen molar-refractivity contribution in [3.63, 3.8) is 0 Å². The molecule has 5 heteroatoms. The van der Waals surface area contributed by atoms with Crippen LogP contribution in [-0.4, -0.2) is 35.3 Å². The molecule has 130 valence electrons. The van der Waals surface area contributed by atoms with Crippen LogP contribution in [0.5, 0.6) is 0 Å². The van der Waals surface area contributed by atoms with E-state index in [0.717, 1.165) is 49.2 Å². The Kier molecular flexibility index (Phi) is 5.19. The van der Waals surface area contributed by atoms with Gasteiger partial charge in [0.15, 0.2) is 0 Å². The first-order chi connectivity index (χ1) is 11.5. The maximum atomic E-state index is 12.7. The fourth-order valence-corrected chi connectivity index (χ4v) is 3.73. The number of carbonyl (C=O) groups excluding carboxylic acids is 2. The second-order valence-corrected chi connectivity index (χ2v) is 7.11. The van der Waals surface area contributed by atoms with E-state index in [1.165, 1.54) is 6.42 Å². The Morgan fingerprint density at radius 2 is 2.08 bits per heavy atom. The Bertz CT molecular complexity index is 627. The molecule has 0 aliphatic carbocycles. The van der Waals surface area contributed by atoms with Crippen LogP contribution in [0.2, 0.25) is 0 Å². The van der Waals surface area contributed by atoms with Gasteiger partial charge in [0.1, 0.15) is 0 Å². The maximum absolute atomic E-state index is 12.7. The van der Waals surface area contributed by atoms with Gasteiger partial charge in [-0.2, -0.15) is 0 Å². The molecule has 1 fully saturated rings. The molecule has 5 nitrogen and oxygen atoms in total. The molecule has 0 saturated carbocycles. The number of benzene rings is 1. The zero-order valence-electron chi connectivity index (χ0n) is 14.6. The fraction of sp³-hybridized carbons (Fsp3) is 0.579. The van der Waals surface area contributed by atoms with E-state index >= 15 is 0 Å². The Labute approximate surface area is 143 Å². The van der Waals surface area contributed by atoms with Gasteiger partial charge in [0.25, 0.3) is 0 Å². The van der Waals surface area contributed by atoms with Gasteiger partial charge >= 0.3 is 0 Å². The molecule has 24 heavy (non-hydrogen) atoms. The van der Waals surface area contributed by atoms with Gasteiger partial charge < -0.3 is 10.6 Å². The highest BCUT2D eigenvalue weighted by Gasteiger charge is 2.30. The van der Waals surface area contributed by atoms with Crippen molar-refractivity contribution in [3.8, 4) is 0 Å². The van der Waals surface area contributed by atoms with E-state index in [1.54, 1.807) is 0 Å². The minimum absolute atomic E-state index is 0.0442. The molecule has 0 bridgehead atoms. The highest BCUT2D eigenvalue weighted by atomic mass is 16.2. The highest BCUT2D eigenvalue weighted by molar-refractivity contribution is 5.96. The molecule has 0 spiro atoms. The number of carbonyl (C=O) groups is 2. The molecule has 1 atom stereocenters. The van der Waals surface area contributed by atoms with Crippen LogP contribution in [0.25, 0.3) is 0 Å². The molecule has 1 aromatic rings. The molecule has 1 saturated heterocycles. The van der Waals surface area contributed by atoms with E-state index in [-0.39, 0.29) is 17.9 Å². The molecule has 2 aliphatic heterocycles. The van der Waals surface area contributed by atoms with Crippen molar-refractivity contribution in [2.24, 2.45) is 0 Å². The van der Waals surface area contributed by atoms with Gasteiger partial charge in [-0.1, -0.05) is 6.42 Å². The maximum Gasteiger partial charge on any atom is 0.241 e. The van der Waals surface area contributed by atoms with Crippen molar-refractivity contribution < 1.29 is 9.59 Å². The number of anilines is 2. The number of piperidine rings is 1. The predicted octanol–water partition coefficient (Wildman–Crippen LogP) is 3.16. The number of nitrogens with zero attached hydrogens (tertiary/aromatic N) is 1. The standard InChI is InChI=1S/C19H27N3O2/c1-13(2)22-11-4-3-7-17(22)19(24)20-15-9-10-16-14(12-15)6-5-8-18(23)21-16/h9-10,12-13,17H,3-8,11H2,1-2H3,(H,20,24)(H,21,23)/t17-/m0/s1. The SMILES string of the molecule is CC(C)N1CCCC[C@H]1C(=O)Nc1ccc2c(c1)CCCC(=O)N2. The smallest absolute Gasteiger partial charge is 0.241 e. The summed E-state index contributed by atoms with van der Waals surface area (Å²) in [6.07, 6.45) is 5.46. The van der Waals surface area contributed by atoms with Crippen molar-refractivity contribution >= 4 is 23.2 Å². The van der Waals surface area contributed by atoms with Crippen molar-refractivity contribution in [3.05, 3.63) is 23.8 Å². The summed E-state index contributed by atoms with van der Waals surface area (Å²) in [5.74, 6) is 0.154. The largest absolute Gasteiger partial charge is 0.326 e. The van der Waals surface area contributed by atoms with Crippen molar-refractivity contribution in [2.75, 3.05) is 17.2 Å². The zero-order chi connectivity index (χ0) is 17.1. The molecule has 2 heterocycles. The van der Waals surface area contributed by atoms with Crippen LogP contribution in [0.1, 0.15) is 51.5 Å². The molecule has 0 radical (unpaired) electrons. The molecule has 0 unspecified atom stereocenters. The third-order valence-electron chi connectivity index (χ3n) is 5.01. The number of nitrogens with one attached hydrogen (secondary N) is 2. The first-order valence-corrected chi connectivity index (χ1v) is 9.04. The quantitative estimate of drug-likeness (QED) is 0.895. The number of hydrogen-bond donors (Lipinski definition) is 2. The van der Waals surface area contributed by atoms with Crippen LogP contribution in [0.4, 0.5) is 11.4 Å². The summed E-state index contributed by atoms with van der Waals surface area (Å²) in [5, 5.41) is 6.01. The highest BCUT2D eigenvalue weighted by Crippen LogP contribution is 2.26. The number of aryl methyl sites for hydroxylation is 1. The van der Waals surface area contributed by atoms with Gasteiger partial charge in [-0.3, -0.25) is 14.5 Å². The number of rotatable bonds is 3. The Hall–Kier alpha value is -1.88. The number of fused-ring (bicyclic) bond motifs is 1. The summed E-state index contributed by atoms with van der Waals surface area (Å²) >= 11 is 0. The van der Waals surface area contributed by atoms with Crippen LogP contribution in [0, 0.1) is 0 Å². The van der Waals surface area contributed by atoms with Crippen LogP contribution in [-0.2, 0) is 16.0 Å². The number of amides is 2. The normalized spacial score (nSPS) is 21.8. The third-order valence-corrected chi connectivity index (χ3v) is 5.01. The summed E-state index contributed by atoms with van der Waals surface area (Å²) in [4.78, 5) is 26.7. The van der Waals surface area contributed by atoms with Crippen molar-refractivity contribution in [2.45, 2.75) is 64.5 Å². The Morgan fingerprint density at radius 3 is 2.88 bits per heavy atom. The summed E-state index contributed by atoms with van der Waals surface area (Å²) in [7, 11) is 0. The van der Waals surface area contributed by atoms with E-state index in [9.17, 15) is 9.59 Å². The average Bonchev–Trinajstić information content (AvgIpc) is 2.75. The summed E-state index contributed by atoms with van der Waals surface area (Å²) in [6.45, 7) is 5.29. The summed E-state index contributed by atoms with van der Waals surface area (Å²) in [5.41, 5.74) is 2.80. The van der Waals surface area contributed by atoms with Gasteiger partial charge in [0.2, 0.25) is 11.8 Å². The topological polar surface area (TPSA) is 61.4 Å². The lowest BCUT2D eigenvalue weighted by molar-refractivity contribution is -0.123. The zero-order valence-corrected chi connectivity index (χ0v) is 14.6. The molecular formula is C19H27N3O2. The van der Waals surface area contributed by atoms with E-state index < -0.39 is 0 Å². The molecule has 2 N–H and O–H groups in total. The molecule has 3 rings (SSSR count). The second kappa shape index (κ2) is 7.34. The third kappa shape index (κ3) is 3.78. The van der Waals surface area contributed by atoms with E-state index in [0.29, 0.717) is 12.5 Å². The molecule has 2 aliphatic rings. The van der Waals surface area contributed by atoms with Gasteiger partial charge in [0, 0.05) is 23.8 Å². The van der Waals surface area contributed by atoms with E-state index in [4.69, 9.17) is 0 Å². The molecule has 2 amide bonds. The van der Waals surface area contributed by atoms with Crippen molar-refractivity contribution in [1.29, 1.82) is 0 Å². The lowest BCUT2D eigenvalue weighted by atomic mass is 9.99. The van der Waals surface area contributed by atoms with Crippen LogP contribution >= 0.6 is 0 Å². The minimum Gasteiger partial charge on any atom is -0.326 e.